The third kappa shape index (κ3) is 5.15. The van der Waals surface area contributed by atoms with Gasteiger partial charge in [-0.2, -0.15) is 0 Å². The van der Waals surface area contributed by atoms with E-state index in [2.05, 4.69) is 55.3 Å². The fraction of sp³-hybridized carbons (Fsp3) is 0.500. The van der Waals surface area contributed by atoms with Gasteiger partial charge in [0.1, 0.15) is 0 Å². The van der Waals surface area contributed by atoms with Gasteiger partial charge < -0.3 is 4.90 Å². The van der Waals surface area contributed by atoms with Crippen LogP contribution in [0.1, 0.15) is 13.8 Å². The minimum Gasteiger partial charge on any atom is -0.303 e. The van der Waals surface area contributed by atoms with Crippen LogP contribution in [0.15, 0.2) is 32.0 Å². The Morgan fingerprint density at radius 3 is 2.47 bits per heavy atom. The molecule has 0 aliphatic heterocycles. The predicted octanol–water partition coefficient (Wildman–Crippen LogP) is 2.83. The van der Waals surface area contributed by atoms with Crippen molar-refractivity contribution in [2.45, 2.75) is 24.8 Å². The van der Waals surface area contributed by atoms with Gasteiger partial charge >= 0.3 is 0 Å². The number of likely N-dealkylation sites (N-methyl/N-ethyl adjacent to an activating group) is 1. The van der Waals surface area contributed by atoms with Gasteiger partial charge in [-0.1, -0.05) is 15.9 Å². The molecule has 0 unspecified atom stereocenters. The minimum absolute atomic E-state index is 0.253. The third-order valence-corrected chi connectivity index (χ3v) is 5.75. The average Bonchev–Trinajstić information content (AvgIpc) is 2.27. The zero-order valence-corrected chi connectivity index (χ0v) is 15.1. The molecule has 0 saturated heterocycles. The molecule has 0 radical (unpaired) electrons. The summed E-state index contributed by atoms with van der Waals surface area (Å²) in [6.45, 7) is 5.20. The SMILES string of the molecule is CC(C)N(C)CCNS(=O)(=O)c1ccc(Br)cc1Br. The Kier molecular flexibility index (Phi) is 6.46. The predicted molar refractivity (Wildman–Crippen MR) is 84.8 cm³/mol. The summed E-state index contributed by atoms with van der Waals surface area (Å²) in [5.41, 5.74) is 0. The molecule has 0 atom stereocenters. The van der Waals surface area contributed by atoms with E-state index in [-0.39, 0.29) is 4.90 Å². The van der Waals surface area contributed by atoms with Gasteiger partial charge in [-0.15, -0.1) is 0 Å². The summed E-state index contributed by atoms with van der Waals surface area (Å²) in [7, 11) is -1.51. The van der Waals surface area contributed by atoms with Crippen LogP contribution in [0.25, 0.3) is 0 Å². The van der Waals surface area contributed by atoms with Gasteiger partial charge in [-0.25, -0.2) is 13.1 Å². The second-order valence-corrected chi connectivity index (χ2v) is 8.05. The van der Waals surface area contributed by atoms with Gasteiger partial charge in [0, 0.05) is 28.1 Å². The van der Waals surface area contributed by atoms with E-state index < -0.39 is 10.0 Å². The van der Waals surface area contributed by atoms with E-state index in [1.54, 1.807) is 18.2 Å². The lowest BCUT2D eigenvalue weighted by Crippen LogP contribution is -2.36. The van der Waals surface area contributed by atoms with E-state index in [4.69, 9.17) is 0 Å². The first kappa shape index (κ1) is 17.1. The number of halogens is 2. The molecule has 0 amide bonds. The fourth-order valence-electron chi connectivity index (χ4n) is 1.39. The monoisotopic (exact) mass is 412 g/mol. The second-order valence-electron chi connectivity index (χ2n) is 4.55. The number of nitrogens with zero attached hydrogens (tertiary/aromatic N) is 1. The normalized spacial score (nSPS) is 12.4. The summed E-state index contributed by atoms with van der Waals surface area (Å²) in [5, 5.41) is 0. The van der Waals surface area contributed by atoms with Crippen molar-refractivity contribution < 1.29 is 8.42 Å². The molecule has 0 aromatic heterocycles. The number of benzene rings is 1. The fourth-order valence-corrected chi connectivity index (χ4v) is 4.15. The summed E-state index contributed by atoms with van der Waals surface area (Å²) in [5.74, 6) is 0. The molecule has 1 aromatic carbocycles. The Balaban J connectivity index is 2.71. The standard InChI is InChI=1S/C12H18Br2N2O2S/c1-9(2)16(3)7-6-15-19(17,18)12-5-4-10(13)8-11(12)14/h4-5,8-9,15H,6-7H2,1-3H3. The van der Waals surface area contributed by atoms with Gasteiger partial charge in [0.05, 0.1) is 4.90 Å². The first-order valence-corrected chi connectivity index (χ1v) is 8.96. The van der Waals surface area contributed by atoms with Gasteiger partial charge in [-0.3, -0.25) is 0 Å². The van der Waals surface area contributed by atoms with E-state index in [1.165, 1.54) is 0 Å². The largest absolute Gasteiger partial charge is 0.303 e. The van der Waals surface area contributed by atoms with Crippen LogP contribution in [0, 0.1) is 0 Å². The first-order chi connectivity index (χ1) is 8.74. The van der Waals surface area contributed by atoms with Crippen LogP contribution in [0.4, 0.5) is 0 Å². The topological polar surface area (TPSA) is 49.4 Å². The molecule has 4 nitrogen and oxygen atoms in total. The third-order valence-electron chi connectivity index (χ3n) is 2.82. The van der Waals surface area contributed by atoms with Crippen LogP contribution < -0.4 is 4.72 Å². The van der Waals surface area contributed by atoms with Gasteiger partial charge in [0.15, 0.2) is 0 Å². The van der Waals surface area contributed by atoms with Crippen molar-refractivity contribution in [1.82, 2.24) is 9.62 Å². The molecule has 0 saturated carbocycles. The molecular formula is C12H18Br2N2O2S. The maximum absolute atomic E-state index is 12.1. The van der Waals surface area contributed by atoms with Crippen molar-refractivity contribution in [1.29, 1.82) is 0 Å². The Bertz CT molecular complexity index is 533. The summed E-state index contributed by atoms with van der Waals surface area (Å²) in [6, 6.07) is 5.39. The lowest BCUT2D eigenvalue weighted by Gasteiger charge is -2.21. The zero-order valence-electron chi connectivity index (χ0n) is 11.2. The second kappa shape index (κ2) is 7.17. The number of rotatable bonds is 6. The van der Waals surface area contributed by atoms with Gasteiger partial charge in [0.25, 0.3) is 0 Å². The molecule has 1 rings (SSSR count). The highest BCUT2D eigenvalue weighted by Gasteiger charge is 2.17. The average molecular weight is 414 g/mol. The van der Waals surface area contributed by atoms with E-state index in [0.29, 0.717) is 23.6 Å². The number of hydrogen-bond acceptors (Lipinski definition) is 3. The Hall–Kier alpha value is 0.0500. The molecule has 108 valence electrons. The molecule has 19 heavy (non-hydrogen) atoms. The number of nitrogens with one attached hydrogen (secondary N) is 1. The summed E-state index contributed by atoms with van der Waals surface area (Å²) >= 11 is 6.57. The minimum atomic E-state index is -3.47. The molecule has 0 aliphatic carbocycles. The molecule has 0 spiro atoms. The van der Waals surface area contributed by atoms with Crippen molar-refractivity contribution in [3.8, 4) is 0 Å². The van der Waals surface area contributed by atoms with Gasteiger partial charge in [-0.05, 0) is 55.0 Å². The van der Waals surface area contributed by atoms with Crippen LogP contribution >= 0.6 is 31.9 Å². The maximum atomic E-state index is 12.1. The maximum Gasteiger partial charge on any atom is 0.241 e. The summed E-state index contributed by atoms with van der Waals surface area (Å²) in [6.07, 6.45) is 0. The molecule has 0 heterocycles. The molecule has 1 aromatic rings. The number of sulfonamides is 1. The van der Waals surface area contributed by atoms with Crippen molar-refractivity contribution in [2.75, 3.05) is 20.1 Å². The lowest BCUT2D eigenvalue weighted by molar-refractivity contribution is 0.278. The highest BCUT2D eigenvalue weighted by molar-refractivity contribution is 9.11. The summed E-state index contributed by atoms with van der Waals surface area (Å²) < 4.78 is 28.3. The molecule has 7 heteroatoms. The quantitative estimate of drug-likeness (QED) is 0.779. The zero-order chi connectivity index (χ0) is 14.6. The van der Waals surface area contributed by atoms with E-state index in [1.807, 2.05) is 7.05 Å². The summed E-state index contributed by atoms with van der Waals surface area (Å²) in [4.78, 5) is 2.34. The lowest BCUT2D eigenvalue weighted by atomic mass is 10.3. The smallest absolute Gasteiger partial charge is 0.241 e. The molecular weight excluding hydrogens is 396 g/mol. The first-order valence-electron chi connectivity index (χ1n) is 5.89. The van der Waals surface area contributed by atoms with Crippen molar-refractivity contribution >= 4 is 41.9 Å². The van der Waals surface area contributed by atoms with Crippen LogP contribution in [-0.2, 0) is 10.0 Å². The van der Waals surface area contributed by atoms with Crippen molar-refractivity contribution in [3.63, 3.8) is 0 Å². The Morgan fingerprint density at radius 1 is 1.32 bits per heavy atom. The highest BCUT2D eigenvalue weighted by atomic mass is 79.9. The number of hydrogen-bond donors (Lipinski definition) is 1. The Labute approximate surface area is 131 Å². The van der Waals surface area contributed by atoms with Gasteiger partial charge in [0.2, 0.25) is 10.0 Å². The van der Waals surface area contributed by atoms with Crippen LogP contribution in [-0.4, -0.2) is 39.5 Å². The van der Waals surface area contributed by atoms with Crippen molar-refractivity contribution in [2.24, 2.45) is 0 Å². The van der Waals surface area contributed by atoms with E-state index >= 15 is 0 Å². The molecule has 0 aliphatic rings. The molecule has 1 N–H and O–H groups in total. The van der Waals surface area contributed by atoms with Crippen LogP contribution in [0.2, 0.25) is 0 Å². The molecule has 0 fully saturated rings. The Morgan fingerprint density at radius 2 is 1.95 bits per heavy atom. The van der Waals surface area contributed by atoms with Crippen molar-refractivity contribution in [3.05, 3.63) is 27.1 Å². The van der Waals surface area contributed by atoms with Crippen LogP contribution in [0.3, 0.4) is 0 Å². The van der Waals surface area contributed by atoms with Crippen LogP contribution in [0.5, 0.6) is 0 Å². The van der Waals surface area contributed by atoms with E-state index in [9.17, 15) is 8.42 Å². The highest BCUT2D eigenvalue weighted by Crippen LogP contribution is 2.25. The van der Waals surface area contributed by atoms with E-state index in [0.717, 1.165) is 4.47 Å². The molecule has 0 bridgehead atoms.